The molecule has 0 spiro atoms. The lowest BCUT2D eigenvalue weighted by atomic mass is 9.78. The van der Waals surface area contributed by atoms with Crippen molar-refractivity contribution in [2.75, 3.05) is 18.5 Å². The van der Waals surface area contributed by atoms with Crippen LogP contribution in [0.5, 0.6) is 5.88 Å². The Labute approximate surface area is 151 Å². The number of hydrogen-bond acceptors (Lipinski definition) is 4. The van der Waals surface area contributed by atoms with Crippen LogP contribution >= 0.6 is 0 Å². The van der Waals surface area contributed by atoms with Crippen molar-refractivity contribution in [1.82, 2.24) is 4.98 Å². The third-order valence-corrected chi connectivity index (χ3v) is 4.71. The fourth-order valence-corrected chi connectivity index (χ4v) is 3.40. The van der Waals surface area contributed by atoms with Gasteiger partial charge in [0.2, 0.25) is 5.88 Å². The Morgan fingerprint density at radius 3 is 2.72 bits per heavy atom. The maximum absolute atomic E-state index is 13.1. The van der Waals surface area contributed by atoms with Gasteiger partial charge in [0.1, 0.15) is 5.60 Å². The second-order valence-corrected chi connectivity index (χ2v) is 7.13. The number of nitrogens with zero attached hydrogens (tertiary/aromatic N) is 1. The lowest BCUT2D eigenvalue weighted by Gasteiger charge is -2.38. The average molecular weight is 348 g/mol. The zero-order valence-electron chi connectivity index (χ0n) is 16.1. The lowest BCUT2D eigenvalue weighted by molar-refractivity contribution is -0.148. The van der Waals surface area contributed by atoms with Crippen LogP contribution in [0.4, 0.5) is 5.69 Å². The fourth-order valence-electron chi connectivity index (χ4n) is 3.40. The number of aryl methyl sites for hydroxylation is 1. The van der Waals surface area contributed by atoms with Crippen LogP contribution in [0.3, 0.4) is 0 Å². The molecule has 5 nitrogen and oxygen atoms in total. The Hall–Kier alpha value is -1.62. The molecule has 25 heavy (non-hydrogen) atoms. The van der Waals surface area contributed by atoms with Gasteiger partial charge in [-0.15, -0.1) is 0 Å². The highest BCUT2D eigenvalue weighted by molar-refractivity contribution is 5.97. The number of hydrogen-bond donors (Lipinski definition) is 1. The molecule has 1 saturated carbocycles. The van der Waals surface area contributed by atoms with Crippen molar-refractivity contribution in [3.63, 3.8) is 0 Å². The van der Waals surface area contributed by atoms with Crippen LogP contribution in [0.1, 0.15) is 65.0 Å². The summed E-state index contributed by atoms with van der Waals surface area (Å²) in [5, 5.41) is 3.05. The molecule has 1 amide bonds. The summed E-state index contributed by atoms with van der Waals surface area (Å²) < 4.78 is 11.6. The molecular formula is C20H32N2O3. The molecule has 0 aliphatic heterocycles. The molecule has 1 aromatic heterocycles. The highest BCUT2D eigenvalue weighted by Crippen LogP contribution is 2.36. The summed E-state index contributed by atoms with van der Waals surface area (Å²) in [7, 11) is 0. The minimum absolute atomic E-state index is 0.0420. The van der Waals surface area contributed by atoms with E-state index in [2.05, 4.69) is 31.1 Å². The SMILES string of the molecule is CCCOc1ccc(NC(=O)[C@]2(OCCC)CCC[C@@H](C)C2)c(C)n1. The third kappa shape index (κ3) is 5.18. The van der Waals surface area contributed by atoms with Gasteiger partial charge in [0.05, 0.1) is 18.0 Å². The first-order valence-electron chi connectivity index (χ1n) is 9.56. The zero-order chi connectivity index (χ0) is 18.3. The monoisotopic (exact) mass is 348 g/mol. The van der Waals surface area contributed by atoms with Gasteiger partial charge in [-0.05, 0) is 51.0 Å². The van der Waals surface area contributed by atoms with Crippen molar-refractivity contribution in [3.8, 4) is 5.88 Å². The Bertz CT molecular complexity index is 576. The van der Waals surface area contributed by atoms with E-state index < -0.39 is 5.60 Å². The predicted molar refractivity (Wildman–Crippen MR) is 100.0 cm³/mol. The summed E-state index contributed by atoms with van der Waals surface area (Å²) in [6, 6.07) is 3.67. The zero-order valence-corrected chi connectivity index (χ0v) is 16.1. The molecule has 140 valence electrons. The highest BCUT2D eigenvalue weighted by atomic mass is 16.5. The number of pyridine rings is 1. The summed E-state index contributed by atoms with van der Waals surface area (Å²) in [5.74, 6) is 1.06. The van der Waals surface area contributed by atoms with Gasteiger partial charge in [0.15, 0.2) is 0 Å². The molecule has 0 bridgehead atoms. The third-order valence-electron chi connectivity index (χ3n) is 4.71. The van der Waals surface area contributed by atoms with Crippen LogP contribution in [-0.4, -0.2) is 29.7 Å². The lowest BCUT2D eigenvalue weighted by Crippen LogP contribution is -2.49. The number of amides is 1. The van der Waals surface area contributed by atoms with Gasteiger partial charge < -0.3 is 14.8 Å². The van der Waals surface area contributed by atoms with E-state index in [1.54, 1.807) is 6.07 Å². The number of carbonyl (C=O) groups excluding carboxylic acids is 1. The maximum atomic E-state index is 13.1. The molecule has 0 unspecified atom stereocenters. The Kier molecular flexibility index (Phi) is 7.24. The molecule has 2 rings (SSSR count). The van der Waals surface area contributed by atoms with Gasteiger partial charge >= 0.3 is 0 Å². The van der Waals surface area contributed by atoms with Gasteiger partial charge in [-0.3, -0.25) is 4.79 Å². The minimum atomic E-state index is -0.711. The topological polar surface area (TPSA) is 60.5 Å². The van der Waals surface area contributed by atoms with E-state index in [-0.39, 0.29) is 5.91 Å². The summed E-state index contributed by atoms with van der Waals surface area (Å²) in [5.41, 5.74) is 0.778. The number of anilines is 1. The van der Waals surface area contributed by atoms with Crippen molar-refractivity contribution in [1.29, 1.82) is 0 Å². The van der Waals surface area contributed by atoms with Gasteiger partial charge in [-0.1, -0.05) is 27.2 Å². The average Bonchev–Trinajstić information content (AvgIpc) is 2.60. The van der Waals surface area contributed by atoms with Crippen LogP contribution in [0, 0.1) is 12.8 Å². The van der Waals surface area contributed by atoms with E-state index in [1.165, 1.54) is 0 Å². The molecule has 0 aromatic carbocycles. The van der Waals surface area contributed by atoms with E-state index >= 15 is 0 Å². The van der Waals surface area contributed by atoms with Crippen molar-refractivity contribution < 1.29 is 14.3 Å². The number of rotatable bonds is 8. The van der Waals surface area contributed by atoms with Gasteiger partial charge in [0, 0.05) is 12.7 Å². The molecule has 0 radical (unpaired) electrons. The fraction of sp³-hybridized carbons (Fsp3) is 0.700. The number of carbonyl (C=O) groups is 1. The number of ether oxygens (including phenoxy) is 2. The molecular weight excluding hydrogens is 316 g/mol. The van der Waals surface area contributed by atoms with Crippen LogP contribution in [-0.2, 0) is 9.53 Å². The van der Waals surface area contributed by atoms with Crippen molar-refractivity contribution >= 4 is 11.6 Å². The standard InChI is InChI=1S/C20H32N2O3/c1-5-12-24-18-10-9-17(16(4)21-18)22-19(23)20(25-13-6-2)11-7-8-15(3)14-20/h9-10,15H,5-8,11-14H2,1-4H3,(H,22,23)/t15-,20+/m1/s1. The highest BCUT2D eigenvalue weighted by Gasteiger charge is 2.42. The molecule has 1 aliphatic carbocycles. The molecule has 1 fully saturated rings. The Morgan fingerprint density at radius 2 is 2.08 bits per heavy atom. The smallest absolute Gasteiger partial charge is 0.256 e. The molecule has 1 aliphatic rings. The van der Waals surface area contributed by atoms with Crippen LogP contribution in [0.2, 0.25) is 0 Å². The van der Waals surface area contributed by atoms with Crippen LogP contribution in [0.25, 0.3) is 0 Å². The molecule has 1 heterocycles. The van der Waals surface area contributed by atoms with Gasteiger partial charge in [0.25, 0.3) is 5.91 Å². The van der Waals surface area contributed by atoms with Gasteiger partial charge in [-0.25, -0.2) is 4.98 Å². The molecule has 2 atom stereocenters. The summed E-state index contributed by atoms with van der Waals surface area (Å²) in [4.78, 5) is 17.5. The van der Waals surface area contributed by atoms with Crippen LogP contribution in [0.15, 0.2) is 12.1 Å². The second-order valence-electron chi connectivity index (χ2n) is 7.13. The van der Waals surface area contributed by atoms with Crippen molar-refractivity contribution in [3.05, 3.63) is 17.8 Å². The first kappa shape index (κ1) is 19.7. The first-order valence-corrected chi connectivity index (χ1v) is 9.56. The molecule has 1 aromatic rings. The summed E-state index contributed by atoms with van der Waals surface area (Å²) in [6.45, 7) is 9.47. The summed E-state index contributed by atoms with van der Waals surface area (Å²) in [6.07, 6.45) is 5.60. The molecule has 5 heteroatoms. The Morgan fingerprint density at radius 1 is 1.32 bits per heavy atom. The van der Waals surface area contributed by atoms with Crippen molar-refractivity contribution in [2.45, 2.75) is 71.8 Å². The molecule has 0 saturated heterocycles. The van der Waals surface area contributed by atoms with E-state index in [0.717, 1.165) is 49.9 Å². The van der Waals surface area contributed by atoms with E-state index in [4.69, 9.17) is 9.47 Å². The molecule has 1 N–H and O–H groups in total. The number of aromatic nitrogens is 1. The second kappa shape index (κ2) is 9.18. The van der Waals surface area contributed by atoms with E-state index in [1.807, 2.05) is 13.0 Å². The minimum Gasteiger partial charge on any atom is -0.478 e. The quantitative estimate of drug-likeness (QED) is 0.752. The van der Waals surface area contributed by atoms with Crippen LogP contribution < -0.4 is 10.1 Å². The first-order chi connectivity index (χ1) is 12.0. The maximum Gasteiger partial charge on any atom is 0.256 e. The normalized spacial score (nSPS) is 23.3. The Balaban J connectivity index is 2.12. The largest absolute Gasteiger partial charge is 0.478 e. The predicted octanol–water partition coefficient (Wildman–Crippen LogP) is 4.49. The van der Waals surface area contributed by atoms with Crippen molar-refractivity contribution in [2.24, 2.45) is 5.92 Å². The van der Waals surface area contributed by atoms with Gasteiger partial charge in [-0.2, -0.15) is 0 Å². The van der Waals surface area contributed by atoms with E-state index in [0.29, 0.717) is 25.0 Å². The summed E-state index contributed by atoms with van der Waals surface area (Å²) >= 11 is 0. The number of nitrogens with one attached hydrogen (secondary N) is 1. The van der Waals surface area contributed by atoms with E-state index in [9.17, 15) is 4.79 Å².